The lowest BCUT2D eigenvalue weighted by Gasteiger charge is -2.33. The Morgan fingerprint density at radius 3 is 1.39 bits per heavy atom. The average Bonchev–Trinajstić information content (AvgIpc) is 3.08. The summed E-state index contributed by atoms with van der Waals surface area (Å²) in [5.41, 5.74) is 15.2. The molecule has 3 aromatic rings. The number of carbonyl (C=O) groups is 2. The maximum atomic E-state index is 13.8. The van der Waals surface area contributed by atoms with Crippen molar-refractivity contribution in [3.8, 4) is 0 Å². The number of rotatable bonds is 5. The molecule has 1 saturated heterocycles. The molecule has 0 aromatic heterocycles. The number of ether oxygens (including phenoxy) is 2. The van der Waals surface area contributed by atoms with Crippen LogP contribution >= 0.6 is 24.8 Å². The van der Waals surface area contributed by atoms with E-state index in [1.807, 2.05) is 29.2 Å². The minimum Gasteiger partial charge on any atom is -0.456 e. The number of anilines is 3. The number of nitrogens with two attached hydrogens (primary N) is 2. The van der Waals surface area contributed by atoms with Crippen LogP contribution in [-0.2, 0) is 19.1 Å². The Kier molecular flexibility index (Phi) is 9.55. The van der Waals surface area contributed by atoms with E-state index in [-0.39, 0.29) is 30.6 Å². The molecule has 0 amide bonds. The lowest BCUT2D eigenvalue weighted by Crippen LogP contribution is -2.35. The maximum Gasteiger partial charge on any atom is 0.303 e. The van der Waals surface area contributed by atoms with Gasteiger partial charge in [0.05, 0.1) is 12.1 Å². The zero-order valence-corrected chi connectivity index (χ0v) is 21.3. The quantitative estimate of drug-likeness (QED) is 0.349. The van der Waals surface area contributed by atoms with Crippen molar-refractivity contribution in [1.82, 2.24) is 0 Å². The third-order valence-electron chi connectivity index (χ3n) is 5.83. The molecule has 0 radical (unpaired) electrons. The van der Waals surface area contributed by atoms with Crippen molar-refractivity contribution in [2.75, 3.05) is 16.4 Å². The summed E-state index contributed by atoms with van der Waals surface area (Å²) < 4.78 is 25.4. The second-order valence-corrected chi connectivity index (χ2v) is 8.25. The highest BCUT2D eigenvalue weighted by Crippen LogP contribution is 2.50. The van der Waals surface area contributed by atoms with Gasteiger partial charge in [-0.2, -0.15) is 0 Å². The lowest BCUT2D eigenvalue weighted by atomic mass is 9.97. The molecule has 4 rings (SSSR count). The Balaban J connectivity index is 0.00000228. The fraction of sp³-hybridized carbons (Fsp3) is 0.231. The predicted octanol–water partition coefficient (Wildman–Crippen LogP) is 5.00. The molecule has 4 atom stereocenters. The van der Waals surface area contributed by atoms with Crippen molar-refractivity contribution in [2.45, 2.75) is 38.1 Å². The smallest absolute Gasteiger partial charge is 0.303 e. The summed E-state index contributed by atoms with van der Waals surface area (Å²) in [5, 5.41) is 0. The zero-order valence-electron chi connectivity index (χ0n) is 19.7. The molecular weight excluding hydrogens is 508 g/mol. The minimum atomic E-state index is -0.849. The van der Waals surface area contributed by atoms with Gasteiger partial charge >= 0.3 is 11.9 Å². The van der Waals surface area contributed by atoms with E-state index in [1.54, 1.807) is 36.4 Å². The van der Waals surface area contributed by atoms with Crippen LogP contribution in [0.15, 0.2) is 72.8 Å². The molecular formula is C26H28Cl2FN3O4. The van der Waals surface area contributed by atoms with Crippen LogP contribution in [0, 0.1) is 5.82 Å². The van der Waals surface area contributed by atoms with Gasteiger partial charge in [0.2, 0.25) is 0 Å². The molecule has 0 saturated carbocycles. The number of halogens is 3. The number of nitrogen functional groups attached to an aromatic ring is 2. The molecule has 36 heavy (non-hydrogen) atoms. The fourth-order valence-corrected chi connectivity index (χ4v) is 4.52. The summed E-state index contributed by atoms with van der Waals surface area (Å²) in [6.45, 7) is 2.62. The van der Waals surface area contributed by atoms with Crippen molar-refractivity contribution in [1.29, 1.82) is 0 Å². The number of nitrogens with zero attached hydrogens (tertiary/aromatic N) is 1. The largest absolute Gasteiger partial charge is 0.456 e. The first-order valence-electron chi connectivity index (χ1n) is 10.8. The Morgan fingerprint density at radius 2 is 1.06 bits per heavy atom. The maximum absolute atomic E-state index is 13.8. The van der Waals surface area contributed by atoms with Gasteiger partial charge in [0.1, 0.15) is 5.82 Å². The number of hydrogen-bond acceptors (Lipinski definition) is 7. The second kappa shape index (κ2) is 12.0. The van der Waals surface area contributed by atoms with Gasteiger partial charge in [-0.15, -0.1) is 24.8 Å². The third-order valence-corrected chi connectivity index (χ3v) is 5.83. The van der Waals surface area contributed by atoms with Crippen LogP contribution in [0.1, 0.15) is 37.1 Å². The molecule has 7 nitrogen and oxygen atoms in total. The van der Waals surface area contributed by atoms with E-state index in [0.717, 1.165) is 11.1 Å². The van der Waals surface area contributed by atoms with Crippen LogP contribution in [-0.4, -0.2) is 24.1 Å². The second-order valence-electron chi connectivity index (χ2n) is 8.25. The van der Waals surface area contributed by atoms with E-state index >= 15 is 0 Å². The summed E-state index contributed by atoms with van der Waals surface area (Å²) in [4.78, 5) is 26.3. The average molecular weight is 536 g/mol. The first-order valence-corrected chi connectivity index (χ1v) is 10.8. The van der Waals surface area contributed by atoms with E-state index in [4.69, 9.17) is 20.9 Å². The van der Waals surface area contributed by atoms with Crippen LogP contribution in [0.5, 0.6) is 0 Å². The topological polar surface area (TPSA) is 108 Å². The summed E-state index contributed by atoms with van der Waals surface area (Å²) >= 11 is 0. The van der Waals surface area contributed by atoms with Gasteiger partial charge < -0.3 is 25.8 Å². The molecule has 1 aliphatic rings. The molecule has 1 fully saturated rings. The van der Waals surface area contributed by atoms with E-state index in [9.17, 15) is 14.0 Å². The standard InChI is InChI=1S/C26H26FN3O4.2ClH/c1-15(31)33-25-23(17-3-9-20(28)10-4-17)30(22-13-7-19(27)8-14-22)24(26(25)34-16(2)32)18-5-11-21(29)12-6-18;;/h3-14,23-26H,28-29H2,1-2H3;2*1H/t23-,24-,25+,26+;;/m0../s1. The molecule has 10 heteroatoms. The van der Waals surface area contributed by atoms with Crippen molar-refractivity contribution < 1.29 is 23.5 Å². The van der Waals surface area contributed by atoms with Crippen LogP contribution in [0.3, 0.4) is 0 Å². The summed E-state index contributed by atoms with van der Waals surface area (Å²) in [5.74, 6) is -1.41. The number of esters is 2. The molecule has 3 aromatic carbocycles. The Hall–Kier alpha value is -3.49. The number of benzene rings is 3. The van der Waals surface area contributed by atoms with E-state index in [1.165, 1.54) is 26.0 Å². The lowest BCUT2D eigenvalue weighted by molar-refractivity contribution is -0.164. The van der Waals surface area contributed by atoms with Gasteiger partial charge in [0, 0.05) is 30.9 Å². The van der Waals surface area contributed by atoms with Gasteiger partial charge in [-0.05, 0) is 59.7 Å². The Bertz CT molecular complexity index is 1110. The summed E-state index contributed by atoms with van der Waals surface area (Å²) in [7, 11) is 0. The molecule has 0 spiro atoms. The molecule has 0 aliphatic carbocycles. The highest BCUT2D eigenvalue weighted by Gasteiger charge is 2.54. The molecule has 0 bridgehead atoms. The zero-order chi connectivity index (χ0) is 24.4. The molecule has 1 aliphatic heterocycles. The van der Waals surface area contributed by atoms with Crippen LogP contribution < -0.4 is 16.4 Å². The van der Waals surface area contributed by atoms with Crippen molar-refractivity contribution in [2.24, 2.45) is 0 Å². The summed E-state index contributed by atoms with van der Waals surface area (Å²) in [6.07, 6.45) is -1.70. The van der Waals surface area contributed by atoms with E-state index < -0.39 is 36.2 Å². The molecule has 4 N–H and O–H groups in total. The number of hydrogen-bond donors (Lipinski definition) is 2. The number of carbonyl (C=O) groups excluding carboxylic acids is 2. The predicted molar refractivity (Wildman–Crippen MR) is 142 cm³/mol. The third kappa shape index (κ3) is 6.01. The van der Waals surface area contributed by atoms with Crippen molar-refractivity contribution in [3.63, 3.8) is 0 Å². The van der Waals surface area contributed by atoms with Crippen LogP contribution in [0.25, 0.3) is 0 Å². The normalized spacial score (nSPS) is 20.6. The SMILES string of the molecule is CC(=O)O[C@H]1[C@H](OC(C)=O)[C@H](c2ccc(N)cc2)N(c2ccc(F)cc2)[C@H]1c1ccc(N)cc1.Cl.Cl. The first-order chi connectivity index (χ1) is 16.2. The Morgan fingerprint density at radius 1 is 0.694 bits per heavy atom. The Labute approximate surface area is 221 Å². The highest BCUT2D eigenvalue weighted by molar-refractivity contribution is 5.85. The first kappa shape index (κ1) is 28.7. The van der Waals surface area contributed by atoms with Gasteiger partial charge in [-0.1, -0.05) is 24.3 Å². The molecule has 0 unspecified atom stereocenters. The molecule has 192 valence electrons. The highest BCUT2D eigenvalue weighted by atomic mass is 35.5. The van der Waals surface area contributed by atoms with Gasteiger partial charge in [-0.25, -0.2) is 4.39 Å². The van der Waals surface area contributed by atoms with Crippen molar-refractivity contribution in [3.05, 3.63) is 89.7 Å². The summed E-state index contributed by atoms with van der Waals surface area (Å²) in [6, 6.07) is 19.2. The fourth-order valence-electron chi connectivity index (χ4n) is 4.52. The van der Waals surface area contributed by atoms with Gasteiger partial charge in [0.15, 0.2) is 12.2 Å². The van der Waals surface area contributed by atoms with Crippen molar-refractivity contribution >= 4 is 53.8 Å². The van der Waals surface area contributed by atoms with E-state index in [2.05, 4.69) is 0 Å². The van der Waals surface area contributed by atoms with Gasteiger partial charge in [-0.3, -0.25) is 9.59 Å². The van der Waals surface area contributed by atoms with Gasteiger partial charge in [0.25, 0.3) is 0 Å². The van der Waals surface area contributed by atoms with Crippen LogP contribution in [0.4, 0.5) is 21.5 Å². The minimum absolute atomic E-state index is 0. The van der Waals surface area contributed by atoms with E-state index in [0.29, 0.717) is 17.1 Å². The monoisotopic (exact) mass is 535 g/mol. The van der Waals surface area contributed by atoms with Crippen LogP contribution in [0.2, 0.25) is 0 Å². The molecule has 1 heterocycles.